The summed E-state index contributed by atoms with van der Waals surface area (Å²) in [6.07, 6.45) is 7.14. The minimum absolute atomic E-state index is 0.000588. The highest BCUT2D eigenvalue weighted by Gasteiger charge is 2.24. The van der Waals surface area contributed by atoms with Crippen LogP contribution in [0.3, 0.4) is 0 Å². The van der Waals surface area contributed by atoms with Crippen LogP contribution < -0.4 is 20.3 Å². The fraction of sp³-hybridized carbons (Fsp3) is 0.333. The molecule has 0 unspecified atom stereocenters. The Kier molecular flexibility index (Phi) is 6.58. The number of aliphatic hydroxyl groups excluding tert-OH is 1. The molecule has 1 aliphatic heterocycles. The zero-order chi connectivity index (χ0) is 25.2. The second kappa shape index (κ2) is 10.3. The van der Waals surface area contributed by atoms with Crippen LogP contribution in [0.2, 0.25) is 0 Å². The lowest BCUT2D eigenvalue weighted by Crippen LogP contribution is -2.48. The average Bonchev–Trinajstić information content (AvgIpc) is 3.32. The first-order valence-electron chi connectivity index (χ1n) is 12.6. The van der Waals surface area contributed by atoms with E-state index in [2.05, 4.69) is 20.6 Å². The number of aromatic nitrogens is 3. The van der Waals surface area contributed by atoms with Gasteiger partial charge in [0.15, 0.2) is 5.13 Å². The van der Waals surface area contributed by atoms with E-state index in [0.717, 1.165) is 64.7 Å². The van der Waals surface area contributed by atoms with E-state index in [1.165, 1.54) is 0 Å². The molecule has 0 bridgehead atoms. The van der Waals surface area contributed by atoms with E-state index in [-0.39, 0.29) is 18.1 Å². The van der Waals surface area contributed by atoms with Gasteiger partial charge in [-0.15, -0.1) is 0 Å². The number of ether oxygens (including phenoxy) is 1. The van der Waals surface area contributed by atoms with Crippen molar-refractivity contribution in [1.29, 1.82) is 0 Å². The molecule has 1 amide bonds. The lowest BCUT2D eigenvalue weighted by Gasteiger charge is -2.27. The van der Waals surface area contributed by atoms with Crippen molar-refractivity contribution in [2.24, 2.45) is 0 Å². The van der Waals surface area contributed by atoms with Gasteiger partial charge in [0.2, 0.25) is 5.91 Å². The number of carbonyl (C=O) groups excluding carboxylic acids is 1. The molecule has 3 aromatic heterocycles. The Labute approximate surface area is 218 Å². The number of benzene rings is 1. The smallest absolute Gasteiger partial charge is 0.239 e. The molecule has 2 fully saturated rings. The molecule has 1 saturated heterocycles. The molecule has 4 heterocycles. The number of nitrogens with zero attached hydrogens (tertiary/aromatic N) is 4. The van der Waals surface area contributed by atoms with Crippen molar-refractivity contribution >= 4 is 38.4 Å². The Morgan fingerprint density at radius 3 is 2.81 bits per heavy atom. The molecule has 0 spiro atoms. The van der Waals surface area contributed by atoms with Crippen LogP contribution in [0.5, 0.6) is 11.5 Å². The summed E-state index contributed by atoms with van der Waals surface area (Å²) in [5, 5.41) is 17.4. The molecular formula is C27H28N6O3S. The summed E-state index contributed by atoms with van der Waals surface area (Å²) >= 11 is 1.57. The lowest BCUT2D eigenvalue weighted by atomic mass is 9.93. The van der Waals surface area contributed by atoms with Gasteiger partial charge in [-0.3, -0.25) is 9.78 Å². The summed E-state index contributed by atoms with van der Waals surface area (Å²) in [6, 6.07) is 13.5. The number of thiazole rings is 1. The molecule has 6 rings (SSSR count). The first-order valence-corrected chi connectivity index (χ1v) is 13.4. The van der Waals surface area contributed by atoms with E-state index in [1.54, 1.807) is 23.7 Å². The monoisotopic (exact) mass is 516 g/mol. The van der Waals surface area contributed by atoms with Gasteiger partial charge in [0.25, 0.3) is 0 Å². The van der Waals surface area contributed by atoms with E-state index in [1.807, 2.05) is 47.4 Å². The molecule has 2 atom stereocenters. The second-order valence-electron chi connectivity index (χ2n) is 9.40. The number of anilines is 2. The maximum Gasteiger partial charge on any atom is 0.239 e. The molecule has 1 aromatic carbocycles. The number of carbonyl (C=O) groups is 1. The highest BCUT2D eigenvalue weighted by atomic mass is 32.1. The molecule has 190 valence electrons. The van der Waals surface area contributed by atoms with Gasteiger partial charge in [0.05, 0.1) is 34.6 Å². The number of aliphatic hydroxyl groups is 1. The number of nitrogens with one attached hydrogen (secondary N) is 2. The summed E-state index contributed by atoms with van der Waals surface area (Å²) in [5.74, 6) is 2.14. The van der Waals surface area contributed by atoms with Crippen LogP contribution >= 0.6 is 11.3 Å². The summed E-state index contributed by atoms with van der Waals surface area (Å²) in [6.45, 7) is 1.62. The van der Waals surface area contributed by atoms with Crippen LogP contribution in [0.25, 0.3) is 21.5 Å². The Morgan fingerprint density at radius 1 is 1.05 bits per heavy atom. The fourth-order valence-electron chi connectivity index (χ4n) is 4.82. The third-order valence-electron chi connectivity index (χ3n) is 6.77. The number of amides is 1. The highest BCUT2D eigenvalue weighted by molar-refractivity contribution is 7.22. The minimum Gasteiger partial charge on any atom is -0.457 e. The first-order chi connectivity index (χ1) is 18.1. The van der Waals surface area contributed by atoms with E-state index in [9.17, 15) is 9.90 Å². The van der Waals surface area contributed by atoms with Crippen molar-refractivity contribution in [3.8, 4) is 22.8 Å². The Balaban J connectivity index is 1.18. The first kappa shape index (κ1) is 23.6. The van der Waals surface area contributed by atoms with Gasteiger partial charge in [-0.1, -0.05) is 24.2 Å². The van der Waals surface area contributed by atoms with Crippen LogP contribution in [0, 0.1) is 0 Å². The van der Waals surface area contributed by atoms with Gasteiger partial charge in [-0.2, -0.15) is 0 Å². The largest absolute Gasteiger partial charge is 0.457 e. The van der Waals surface area contributed by atoms with Crippen LogP contribution in [-0.4, -0.2) is 57.7 Å². The number of piperazine rings is 1. The van der Waals surface area contributed by atoms with Gasteiger partial charge in [0, 0.05) is 43.2 Å². The minimum atomic E-state index is -0.323. The average molecular weight is 517 g/mol. The third kappa shape index (κ3) is 5.35. The van der Waals surface area contributed by atoms with Crippen LogP contribution in [-0.2, 0) is 4.79 Å². The predicted octanol–water partition coefficient (Wildman–Crippen LogP) is 4.20. The number of fused-ring (bicyclic) bond motifs is 1. The normalized spacial score (nSPS) is 20.0. The maximum absolute atomic E-state index is 11.8. The predicted molar refractivity (Wildman–Crippen MR) is 144 cm³/mol. The standard InChI is InChI=1S/C27H28N6O3S/c34-23-4-2-1-3-20(23)31-27-32-21-6-5-18(15-24(21)37-27)36-19-8-10-28-22(14-19)17-7-9-29-25(13-17)33-12-11-30-26(35)16-33/h5-10,13-15,20,23,34H,1-4,11-12,16H2,(H,30,35)(H,31,32)/t20-,23-/m1/s1. The van der Waals surface area contributed by atoms with Gasteiger partial charge in [0.1, 0.15) is 17.3 Å². The summed E-state index contributed by atoms with van der Waals surface area (Å²) in [4.78, 5) is 27.4. The van der Waals surface area contributed by atoms with E-state index >= 15 is 0 Å². The van der Waals surface area contributed by atoms with E-state index in [4.69, 9.17) is 9.72 Å². The molecule has 1 saturated carbocycles. The van der Waals surface area contributed by atoms with Crippen molar-refractivity contribution in [3.63, 3.8) is 0 Å². The Hall–Kier alpha value is -3.76. The number of pyridine rings is 2. The molecule has 4 aromatic rings. The van der Waals surface area contributed by atoms with Gasteiger partial charge in [-0.25, -0.2) is 9.97 Å². The Bertz CT molecular complexity index is 1430. The molecule has 37 heavy (non-hydrogen) atoms. The van der Waals surface area contributed by atoms with E-state index < -0.39 is 0 Å². The number of rotatable bonds is 6. The Morgan fingerprint density at radius 2 is 1.92 bits per heavy atom. The van der Waals surface area contributed by atoms with Crippen LogP contribution in [0.4, 0.5) is 10.9 Å². The highest BCUT2D eigenvalue weighted by Crippen LogP contribution is 2.33. The zero-order valence-corrected chi connectivity index (χ0v) is 21.1. The second-order valence-corrected chi connectivity index (χ2v) is 10.4. The third-order valence-corrected chi connectivity index (χ3v) is 7.72. The van der Waals surface area contributed by atoms with Crippen molar-refractivity contribution < 1.29 is 14.6 Å². The quantitative estimate of drug-likeness (QED) is 0.350. The molecular weight excluding hydrogens is 488 g/mol. The zero-order valence-electron chi connectivity index (χ0n) is 20.3. The van der Waals surface area contributed by atoms with Crippen molar-refractivity contribution in [2.75, 3.05) is 29.9 Å². The maximum atomic E-state index is 11.8. The van der Waals surface area contributed by atoms with Crippen molar-refractivity contribution in [1.82, 2.24) is 20.3 Å². The van der Waals surface area contributed by atoms with Gasteiger partial charge >= 0.3 is 0 Å². The van der Waals surface area contributed by atoms with Crippen LogP contribution in [0.1, 0.15) is 25.7 Å². The lowest BCUT2D eigenvalue weighted by molar-refractivity contribution is -0.120. The molecule has 1 aliphatic carbocycles. The van der Waals surface area contributed by atoms with Gasteiger partial charge in [-0.05, 0) is 43.2 Å². The fourth-order valence-corrected chi connectivity index (χ4v) is 5.78. The molecule has 0 radical (unpaired) electrons. The summed E-state index contributed by atoms with van der Waals surface area (Å²) < 4.78 is 7.20. The van der Waals surface area contributed by atoms with Crippen LogP contribution in [0.15, 0.2) is 54.9 Å². The number of hydrogen-bond donors (Lipinski definition) is 3. The summed E-state index contributed by atoms with van der Waals surface area (Å²) in [7, 11) is 0. The van der Waals surface area contributed by atoms with E-state index in [0.29, 0.717) is 24.6 Å². The molecule has 9 nitrogen and oxygen atoms in total. The van der Waals surface area contributed by atoms with Crippen molar-refractivity contribution in [3.05, 3.63) is 54.9 Å². The molecule has 2 aliphatic rings. The topological polar surface area (TPSA) is 113 Å². The summed E-state index contributed by atoms with van der Waals surface area (Å²) in [5.41, 5.74) is 2.57. The molecule has 10 heteroatoms. The SMILES string of the molecule is O=C1CN(c2cc(-c3cc(Oc4ccc5nc(N[C@@H]6CCCC[C@H]6O)sc5c4)ccn3)ccn2)CCN1. The number of hydrogen-bond acceptors (Lipinski definition) is 9. The molecule has 3 N–H and O–H groups in total. The van der Waals surface area contributed by atoms with Crippen molar-refractivity contribution in [2.45, 2.75) is 37.8 Å². The van der Waals surface area contributed by atoms with Gasteiger partial charge < -0.3 is 25.4 Å².